The number of rotatable bonds is 11. The number of carbonyl (C=O) groups excluding carboxylic acids is 3. The first kappa shape index (κ1) is 26.8. The van der Waals surface area contributed by atoms with Gasteiger partial charge in [-0.25, -0.2) is 9.78 Å². The van der Waals surface area contributed by atoms with Crippen molar-refractivity contribution in [3.8, 4) is 0 Å². The number of benzene rings is 1. The molecule has 1 saturated heterocycles. The summed E-state index contributed by atoms with van der Waals surface area (Å²) in [7, 11) is 0. The summed E-state index contributed by atoms with van der Waals surface area (Å²) in [4.78, 5) is 58.9. The summed E-state index contributed by atoms with van der Waals surface area (Å²) >= 11 is 0. The third kappa shape index (κ3) is 6.89. The Hall–Kier alpha value is -3.77. The van der Waals surface area contributed by atoms with E-state index in [4.69, 9.17) is 5.73 Å². The lowest BCUT2D eigenvalue weighted by molar-refractivity contribution is -0.143. The van der Waals surface area contributed by atoms with Crippen LogP contribution in [-0.4, -0.2) is 85.6 Å². The molecule has 36 heavy (non-hydrogen) atoms. The third-order valence-electron chi connectivity index (χ3n) is 6.15. The number of H-pyrrole nitrogens is 1. The van der Waals surface area contributed by atoms with Crippen molar-refractivity contribution < 1.29 is 29.4 Å². The summed E-state index contributed by atoms with van der Waals surface area (Å²) < 4.78 is 0. The van der Waals surface area contributed by atoms with Gasteiger partial charge in [-0.1, -0.05) is 30.3 Å². The molecule has 1 aromatic carbocycles. The second kappa shape index (κ2) is 12.3. The number of hydrogen-bond donors (Lipinski definition) is 6. The molecule has 1 aromatic heterocycles. The Morgan fingerprint density at radius 2 is 1.89 bits per heavy atom. The highest BCUT2D eigenvalue weighted by Gasteiger charge is 2.38. The maximum Gasteiger partial charge on any atom is 0.326 e. The number of aliphatic hydroxyl groups excluding tert-OH is 1. The summed E-state index contributed by atoms with van der Waals surface area (Å²) in [6.45, 7) is 1.70. The predicted molar refractivity (Wildman–Crippen MR) is 128 cm³/mol. The van der Waals surface area contributed by atoms with Crippen LogP contribution in [0, 0.1) is 0 Å². The van der Waals surface area contributed by atoms with Crippen molar-refractivity contribution in [1.82, 2.24) is 25.5 Å². The van der Waals surface area contributed by atoms with Gasteiger partial charge in [0.2, 0.25) is 17.7 Å². The lowest BCUT2D eigenvalue weighted by Crippen LogP contribution is -2.58. The summed E-state index contributed by atoms with van der Waals surface area (Å²) in [6, 6.07) is 4.62. The first-order valence-corrected chi connectivity index (χ1v) is 11.8. The number of carboxylic acids is 1. The van der Waals surface area contributed by atoms with Crippen LogP contribution in [0.1, 0.15) is 31.0 Å². The molecule has 5 unspecified atom stereocenters. The van der Waals surface area contributed by atoms with E-state index in [1.54, 1.807) is 24.3 Å². The van der Waals surface area contributed by atoms with E-state index in [0.29, 0.717) is 25.1 Å². The van der Waals surface area contributed by atoms with Gasteiger partial charge in [-0.3, -0.25) is 14.4 Å². The van der Waals surface area contributed by atoms with Crippen LogP contribution in [0.4, 0.5) is 0 Å². The first-order chi connectivity index (χ1) is 17.2. The maximum absolute atomic E-state index is 13.2. The molecule has 194 valence electrons. The van der Waals surface area contributed by atoms with Crippen molar-refractivity contribution in [1.29, 1.82) is 0 Å². The largest absolute Gasteiger partial charge is 0.480 e. The number of nitrogens with two attached hydrogens (primary N) is 1. The standard InChI is InChI=1S/C24H32N6O6/c1-14(31)20(25)23(34)30-9-5-8-19(30)22(33)28-17(10-15-6-3-2-4-7-15)21(32)29-18(24(35)36)11-16-12-26-13-27-16/h2-4,6-7,12-14,17-20,31H,5,8-11,25H2,1H3,(H,26,27)(H,28,33)(H,29,32)(H,35,36). The minimum absolute atomic E-state index is 0.0186. The number of carboxylic acid groups (broad SMARTS) is 1. The quantitative estimate of drug-likeness (QED) is 0.225. The van der Waals surface area contributed by atoms with Gasteiger partial charge in [0.25, 0.3) is 0 Å². The second-order valence-electron chi connectivity index (χ2n) is 8.89. The van der Waals surface area contributed by atoms with Crippen molar-refractivity contribution in [2.75, 3.05) is 6.54 Å². The average molecular weight is 501 g/mol. The van der Waals surface area contributed by atoms with E-state index in [0.717, 1.165) is 5.56 Å². The minimum Gasteiger partial charge on any atom is -0.480 e. The molecule has 2 aromatic rings. The van der Waals surface area contributed by atoms with Crippen LogP contribution in [0.5, 0.6) is 0 Å². The van der Waals surface area contributed by atoms with Gasteiger partial charge in [0.1, 0.15) is 24.2 Å². The van der Waals surface area contributed by atoms with Gasteiger partial charge in [-0.05, 0) is 25.3 Å². The molecule has 12 nitrogen and oxygen atoms in total. The number of nitrogens with one attached hydrogen (secondary N) is 3. The minimum atomic E-state index is -1.25. The number of nitrogens with zero attached hydrogens (tertiary/aromatic N) is 2. The topological polar surface area (TPSA) is 191 Å². The summed E-state index contributed by atoms with van der Waals surface area (Å²) in [5.74, 6) is -2.99. The number of carbonyl (C=O) groups is 4. The van der Waals surface area contributed by atoms with E-state index in [2.05, 4.69) is 20.6 Å². The fourth-order valence-electron chi connectivity index (χ4n) is 4.12. The Balaban J connectivity index is 1.76. The molecule has 1 aliphatic heterocycles. The van der Waals surface area contributed by atoms with Gasteiger partial charge in [-0.15, -0.1) is 0 Å². The van der Waals surface area contributed by atoms with Crippen LogP contribution < -0.4 is 16.4 Å². The molecule has 1 fully saturated rings. The Kier molecular flexibility index (Phi) is 9.14. The Bertz CT molecular complexity index is 1040. The van der Waals surface area contributed by atoms with Crippen LogP contribution in [0.15, 0.2) is 42.9 Å². The fraction of sp³-hybridized carbons (Fsp3) is 0.458. The van der Waals surface area contributed by atoms with E-state index in [1.165, 1.54) is 24.3 Å². The third-order valence-corrected chi connectivity index (χ3v) is 6.15. The lowest BCUT2D eigenvalue weighted by Gasteiger charge is -2.29. The second-order valence-corrected chi connectivity index (χ2v) is 8.89. The molecular weight excluding hydrogens is 468 g/mol. The number of aliphatic hydroxyl groups is 1. The van der Waals surface area contributed by atoms with Crippen LogP contribution in [0.3, 0.4) is 0 Å². The maximum atomic E-state index is 13.2. The van der Waals surface area contributed by atoms with Crippen LogP contribution in [0.25, 0.3) is 0 Å². The van der Waals surface area contributed by atoms with E-state index >= 15 is 0 Å². The average Bonchev–Trinajstić information content (AvgIpc) is 3.55. The molecule has 0 saturated carbocycles. The number of amides is 3. The van der Waals surface area contributed by atoms with Crippen LogP contribution >= 0.6 is 0 Å². The van der Waals surface area contributed by atoms with Gasteiger partial charge in [0.15, 0.2) is 0 Å². The molecular formula is C24H32N6O6. The van der Waals surface area contributed by atoms with Crippen molar-refractivity contribution in [3.63, 3.8) is 0 Å². The number of aromatic nitrogens is 2. The molecule has 1 aliphatic rings. The summed E-state index contributed by atoms with van der Waals surface area (Å²) in [6.07, 6.45) is 2.83. The Morgan fingerprint density at radius 1 is 1.17 bits per heavy atom. The molecule has 7 N–H and O–H groups in total. The van der Waals surface area contributed by atoms with Gasteiger partial charge >= 0.3 is 5.97 Å². The zero-order valence-electron chi connectivity index (χ0n) is 20.0. The zero-order valence-corrected chi connectivity index (χ0v) is 20.0. The number of imidazole rings is 1. The number of likely N-dealkylation sites (tertiary alicyclic amines) is 1. The van der Waals surface area contributed by atoms with Crippen molar-refractivity contribution in [2.24, 2.45) is 5.73 Å². The van der Waals surface area contributed by atoms with E-state index < -0.39 is 54.0 Å². The van der Waals surface area contributed by atoms with E-state index in [-0.39, 0.29) is 12.8 Å². The molecule has 0 aliphatic carbocycles. The fourth-order valence-corrected chi connectivity index (χ4v) is 4.12. The molecule has 0 radical (unpaired) electrons. The van der Waals surface area contributed by atoms with Crippen molar-refractivity contribution in [3.05, 3.63) is 54.1 Å². The highest BCUT2D eigenvalue weighted by Crippen LogP contribution is 2.19. The normalized spacial score (nSPS) is 18.6. The van der Waals surface area contributed by atoms with Crippen molar-refractivity contribution >= 4 is 23.7 Å². The first-order valence-electron chi connectivity index (χ1n) is 11.8. The SMILES string of the molecule is CC(O)C(N)C(=O)N1CCCC1C(=O)NC(Cc1ccccc1)C(=O)NC(Cc1cnc[nH]1)C(=O)O. The highest BCUT2D eigenvalue weighted by atomic mass is 16.4. The number of aliphatic carboxylic acids is 1. The molecule has 3 rings (SSSR count). The van der Waals surface area contributed by atoms with Gasteiger partial charge in [0, 0.05) is 31.3 Å². The van der Waals surface area contributed by atoms with Crippen LogP contribution in [0.2, 0.25) is 0 Å². The molecule has 5 atom stereocenters. The van der Waals surface area contributed by atoms with Gasteiger partial charge in [0.05, 0.1) is 12.4 Å². The predicted octanol–water partition coefficient (Wildman–Crippen LogP) is -1.05. The van der Waals surface area contributed by atoms with Crippen molar-refractivity contribution in [2.45, 2.75) is 62.9 Å². The molecule has 0 spiro atoms. The van der Waals surface area contributed by atoms with E-state index in [1.807, 2.05) is 6.07 Å². The van der Waals surface area contributed by atoms with E-state index in [9.17, 15) is 29.4 Å². The van der Waals surface area contributed by atoms with Crippen LogP contribution in [-0.2, 0) is 32.0 Å². The Morgan fingerprint density at radius 3 is 2.50 bits per heavy atom. The highest BCUT2D eigenvalue weighted by molar-refractivity contribution is 5.94. The summed E-state index contributed by atoms with van der Waals surface area (Å²) in [5, 5.41) is 24.5. The van der Waals surface area contributed by atoms with Gasteiger partial charge < -0.3 is 36.5 Å². The molecule has 12 heteroatoms. The zero-order chi connectivity index (χ0) is 26.2. The monoisotopic (exact) mass is 500 g/mol. The number of aromatic amines is 1. The Labute approximate surface area is 208 Å². The number of hydrogen-bond acceptors (Lipinski definition) is 7. The lowest BCUT2D eigenvalue weighted by atomic mass is 10.0. The van der Waals surface area contributed by atoms with Gasteiger partial charge in [-0.2, -0.15) is 0 Å². The summed E-state index contributed by atoms with van der Waals surface area (Å²) in [5.41, 5.74) is 7.08. The molecule has 2 heterocycles. The smallest absolute Gasteiger partial charge is 0.326 e. The molecule has 0 bridgehead atoms. The molecule has 3 amide bonds.